The van der Waals surface area contributed by atoms with E-state index >= 15 is 0 Å². The SMILES string of the molecule is N#Cc1c(N)cc(Br)c2c1CCO2. The quantitative estimate of drug-likeness (QED) is 0.702. The van der Waals surface area contributed by atoms with E-state index in [-0.39, 0.29) is 0 Å². The van der Waals surface area contributed by atoms with Gasteiger partial charge in [0.1, 0.15) is 11.8 Å². The summed E-state index contributed by atoms with van der Waals surface area (Å²) in [6.07, 6.45) is 0.766. The van der Waals surface area contributed by atoms with Gasteiger partial charge in [0.2, 0.25) is 0 Å². The van der Waals surface area contributed by atoms with Crippen molar-refractivity contribution in [1.29, 1.82) is 5.26 Å². The van der Waals surface area contributed by atoms with E-state index in [0.29, 0.717) is 17.9 Å². The van der Waals surface area contributed by atoms with E-state index in [1.165, 1.54) is 0 Å². The van der Waals surface area contributed by atoms with E-state index in [0.717, 1.165) is 22.2 Å². The van der Waals surface area contributed by atoms with Gasteiger partial charge in [-0.3, -0.25) is 0 Å². The third kappa shape index (κ3) is 1.16. The number of nitriles is 1. The van der Waals surface area contributed by atoms with E-state index in [9.17, 15) is 0 Å². The van der Waals surface area contributed by atoms with Gasteiger partial charge in [0.25, 0.3) is 0 Å². The molecule has 1 heterocycles. The molecule has 0 aliphatic carbocycles. The summed E-state index contributed by atoms with van der Waals surface area (Å²) in [6.45, 7) is 0.631. The number of nitrogens with two attached hydrogens (primary N) is 1. The summed E-state index contributed by atoms with van der Waals surface area (Å²) in [5.41, 5.74) is 7.69. The van der Waals surface area contributed by atoms with Crippen molar-refractivity contribution in [2.45, 2.75) is 6.42 Å². The van der Waals surface area contributed by atoms with Gasteiger partial charge in [-0.05, 0) is 22.0 Å². The molecule has 66 valence electrons. The van der Waals surface area contributed by atoms with Crippen molar-refractivity contribution in [3.8, 4) is 11.8 Å². The Morgan fingerprint density at radius 2 is 2.38 bits per heavy atom. The fraction of sp³-hybridized carbons (Fsp3) is 0.222. The normalized spacial score (nSPS) is 13.2. The van der Waals surface area contributed by atoms with Crippen LogP contribution in [-0.4, -0.2) is 6.61 Å². The minimum Gasteiger partial charge on any atom is -0.492 e. The fourth-order valence-electron chi connectivity index (χ4n) is 1.49. The molecule has 0 radical (unpaired) electrons. The van der Waals surface area contributed by atoms with Crippen molar-refractivity contribution in [2.75, 3.05) is 12.3 Å². The van der Waals surface area contributed by atoms with Gasteiger partial charge in [-0.25, -0.2) is 0 Å². The molecule has 0 saturated heterocycles. The summed E-state index contributed by atoms with van der Waals surface area (Å²) in [5, 5.41) is 8.87. The largest absolute Gasteiger partial charge is 0.492 e. The van der Waals surface area contributed by atoms with Crippen molar-refractivity contribution in [3.05, 3.63) is 21.7 Å². The Balaban J connectivity index is 2.74. The fourth-order valence-corrected chi connectivity index (χ4v) is 2.09. The second-order valence-electron chi connectivity index (χ2n) is 2.84. The molecule has 2 rings (SSSR count). The van der Waals surface area contributed by atoms with Crippen LogP contribution in [0.4, 0.5) is 5.69 Å². The number of hydrogen-bond acceptors (Lipinski definition) is 3. The summed E-state index contributed by atoms with van der Waals surface area (Å²) >= 11 is 3.35. The first-order chi connectivity index (χ1) is 6.24. The Hall–Kier alpha value is -1.21. The third-order valence-corrected chi connectivity index (χ3v) is 2.66. The van der Waals surface area contributed by atoms with E-state index in [4.69, 9.17) is 15.7 Å². The smallest absolute Gasteiger partial charge is 0.138 e. The van der Waals surface area contributed by atoms with Crippen LogP contribution >= 0.6 is 15.9 Å². The van der Waals surface area contributed by atoms with Crippen molar-refractivity contribution in [1.82, 2.24) is 0 Å². The van der Waals surface area contributed by atoms with Crippen LogP contribution in [0.3, 0.4) is 0 Å². The van der Waals surface area contributed by atoms with E-state index in [1.54, 1.807) is 6.07 Å². The van der Waals surface area contributed by atoms with Gasteiger partial charge in [0.15, 0.2) is 0 Å². The minimum absolute atomic E-state index is 0.513. The molecule has 0 saturated carbocycles. The summed E-state index contributed by atoms with van der Waals surface area (Å²) in [7, 11) is 0. The number of nitrogen functional groups attached to an aromatic ring is 1. The lowest BCUT2D eigenvalue weighted by Gasteiger charge is -2.05. The maximum absolute atomic E-state index is 8.87. The molecule has 1 aliphatic heterocycles. The van der Waals surface area contributed by atoms with Crippen molar-refractivity contribution >= 4 is 21.6 Å². The van der Waals surface area contributed by atoms with Crippen LogP contribution in [0.1, 0.15) is 11.1 Å². The number of anilines is 1. The lowest BCUT2D eigenvalue weighted by molar-refractivity contribution is 0.355. The summed E-state index contributed by atoms with van der Waals surface area (Å²) in [5.74, 6) is 0.769. The second-order valence-corrected chi connectivity index (χ2v) is 3.69. The van der Waals surface area contributed by atoms with Gasteiger partial charge < -0.3 is 10.5 Å². The summed E-state index contributed by atoms with van der Waals surface area (Å²) < 4.78 is 6.20. The van der Waals surface area contributed by atoms with Crippen molar-refractivity contribution in [2.24, 2.45) is 0 Å². The first kappa shape index (κ1) is 8.39. The third-order valence-electron chi connectivity index (χ3n) is 2.07. The summed E-state index contributed by atoms with van der Waals surface area (Å²) in [4.78, 5) is 0. The molecule has 0 fully saturated rings. The molecule has 0 atom stereocenters. The van der Waals surface area contributed by atoms with E-state index < -0.39 is 0 Å². The van der Waals surface area contributed by atoms with Gasteiger partial charge in [0, 0.05) is 12.0 Å². The zero-order valence-electron chi connectivity index (χ0n) is 6.80. The number of fused-ring (bicyclic) bond motifs is 1. The highest BCUT2D eigenvalue weighted by Gasteiger charge is 2.21. The second kappa shape index (κ2) is 2.93. The first-order valence-electron chi connectivity index (χ1n) is 3.87. The average Bonchev–Trinajstić information content (AvgIpc) is 2.53. The Labute approximate surface area is 84.2 Å². The van der Waals surface area contributed by atoms with Crippen LogP contribution < -0.4 is 10.5 Å². The Kier molecular flexibility index (Phi) is 1.89. The lowest BCUT2D eigenvalue weighted by Crippen LogP contribution is -1.94. The van der Waals surface area contributed by atoms with Crippen molar-refractivity contribution in [3.63, 3.8) is 0 Å². The van der Waals surface area contributed by atoms with Gasteiger partial charge >= 0.3 is 0 Å². The molecule has 0 bridgehead atoms. The molecular weight excluding hydrogens is 232 g/mol. The molecule has 0 aromatic heterocycles. The van der Waals surface area contributed by atoms with Crippen LogP contribution in [0.25, 0.3) is 0 Å². The van der Waals surface area contributed by atoms with Gasteiger partial charge in [-0.2, -0.15) is 5.26 Å². The Bertz CT molecular complexity index is 409. The molecule has 13 heavy (non-hydrogen) atoms. The molecule has 2 N–H and O–H groups in total. The number of halogens is 1. The van der Waals surface area contributed by atoms with Crippen LogP contribution in [0, 0.1) is 11.3 Å². The van der Waals surface area contributed by atoms with Gasteiger partial charge in [0.05, 0.1) is 22.3 Å². The lowest BCUT2D eigenvalue weighted by atomic mass is 10.0. The molecule has 0 unspecified atom stereocenters. The number of ether oxygens (including phenoxy) is 1. The van der Waals surface area contributed by atoms with E-state index in [2.05, 4.69) is 22.0 Å². The van der Waals surface area contributed by atoms with Crippen LogP contribution in [-0.2, 0) is 6.42 Å². The maximum Gasteiger partial charge on any atom is 0.138 e. The number of benzene rings is 1. The highest BCUT2D eigenvalue weighted by atomic mass is 79.9. The maximum atomic E-state index is 8.87. The molecular formula is C9H7BrN2O. The number of hydrogen-bond donors (Lipinski definition) is 1. The zero-order chi connectivity index (χ0) is 9.42. The van der Waals surface area contributed by atoms with Crippen LogP contribution in [0.15, 0.2) is 10.5 Å². The topological polar surface area (TPSA) is 59.0 Å². The molecule has 1 aliphatic rings. The van der Waals surface area contributed by atoms with Gasteiger partial charge in [-0.1, -0.05) is 0 Å². The van der Waals surface area contributed by atoms with E-state index in [1.807, 2.05) is 0 Å². The standard InChI is InChI=1S/C9H7BrN2O/c10-7-3-8(12)6(4-11)5-1-2-13-9(5)7/h3H,1-2,12H2. The molecule has 0 amide bonds. The monoisotopic (exact) mass is 238 g/mol. The van der Waals surface area contributed by atoms with Crippen molar-refractivity contribution < 1.29 is 4.74 Å². The van der Waals surface area contributed by atoms with Crippen LogP contribution in [0.5, 0.6) is 5.75 Å². The average molecular weight is 239 g/mol. The highest BCUT2D eigenvalue weighted by Crippen LogP contribution is 2.38. The van der Waals surface area contributed by atoms with Gasteiger partial charge in [-0.15, -0.1) is 0 Å². The number of rotatable bonds is 0. The molecule has 0 spiro atoms. The predicted molar refractivity (Wildman–Crippen MR) is 52.5 cm³/mol. The minimum atomic E-state index is 0.513. The molecule has 1 aromatic rings. The Morgan fingerprint density at radius 1 is 1.62 bits per heavy atom. The summed E-state index contributed by atoms with van der Waals surface area (Å²) in [6, 6.07) is 3.81. The Morgan fingerprint density at radius 3 is 3.08 bits per heavy atom. The van der Waals surface area contributed by atoms with Crippen LogP contribution in [0.2, 0.25) is 0 Å². The predicted octanol–water partition coefficient (Wildman–Crippen LogP) is 1.84. The number of nitrogens with zero attached hydrogens (tertiary/aromatic N) is 1. The molecule has 3 nitrogen and oxygen atoms in total. The highest BCUT2D eigenvalue weighted by molar-refractivity contribution is 9.10. The molecule has 1 aromatic carbocycles. The zero-order valence-corrected chi connectivity index (χ0v) is 8.39. The first-order valence-corrected chi connectivity index (χ1v) is 4.67. The molecule has 4 heteroatoms.